The number of ether oxygens (including phenoxy) is 1. The number of carbonyl (C=O) groups is 2. The molecule has 196 valence electrons. The molecule has 0 radical (unpaired) electrons. The zero-order chi connectivity index (χ0) is 25.8. The van der Waals surface area contributed by atoms with Gasteiger partial charge in [0.1, 0.15) is 0 Å². The summed E-state index contributed by atoms with van der Waals surface area (Å²) < 4.78 is 5.64. The lowest BCUT2D eigenvalue weighted by Gasteiger charge is -2.37. The van der Waals surface area contributed by atoms with Crippen LogP contribution in [-0.4, -0.2) is 62.4 Å². The number of ketones is 2. The molecule has 0 spiro atoms. The molecular formula is C31H44N2O3. The first-order valence-electron chi connectivity index (χ1n) is 13.9. The first-order chi connectivity index (χ1) is 17.3. The van der Waals surface area contributed by atoms with Crippen LogP contribution in [0.1, 0.15) is 86.7 Å². The minimum absolute atomic E-state index is 0.134. The van der Waals surface area contributed by atoms with Gasteiger partial charge in [-0.3, -0.25) is 9.59 Å². The van der Waals surface area contributed by atoms with Crippen LogP contribution in [0.3, 0.4) is 0 Å². The number of benzene rings is 1. The van der Waals surface area contributed by atoms with Gasteiger partial charge in [-0.2, -0.15) is 0 Å². The quantitative estimate of drug-likeness (QED) is 0.425. The molecule has 2 heterocycles. The summed E-state index contributed by atoms with van der Waals surface area (Å²) in [7, 11) is 2.19. The minimum atomic E-state index is -0.177. The third-order valence-electron chi connectivity index (χ3n) is 8.55. The molecule has 1 aromatic rings. The number of hydrogen-bond acceptors (Lipinski definition) is 5. The molecule has 0 saturated carbocycles. The number of likely N-dealkylation sites (tertiary alicyclic amines) is 1. The Kier molecular flexibility index (Phi) is 8.84. The van der Waals surface area contributed by atoms with E-state index in [2.05, 4.69) is 48.9 Å². The Morgan fingerprint density at radius 2 is 1.75 bits per heavy atom. The molecule has 2 fully saturated rings. The number of piperidine rings is 1. The lowest BCUT2D eigenvalue weighted by atomic mass is 9.83. The summed E-state index contributed by atoms with van der Waals surface area (Å²) in [5.41, 5.74) is 6.53. The topological polar surface area (TPSA) is 49.9 Å². The highest BCUT2D eigenvalue weighted by Crippen LogP contribution is 2.36. The summed E-state index contributed by atoms with van der Waals surface area (Å²) in [6.45, 7) is 13.0. The fourth-order valence-corrected chi connectivity index (χ4v) is 6.34. The predicted octanol–water partition coefficient (Wildman–Crippen LogP) is 5.86. The average Bonchev–Trinajstić information content (AvgIpc) is 2.86. The Morgan fingerprint density at radius 1 is 1.06 bits per heavy atom. The van der Waals surface area contributed by atoms with Gasteiger partial charge >= 0.3 is 0 Å². The van der Waals surface area contributed by atoms with Crippen LogP contribution in [0.15, 0.2) is 35.4 Å². The van der Waals surface area contributed by atoms with E-state index in [1.807, 2.05) is 13.8 Å². The third kappa shape index (κ3) is 6.00. The molecule has 2 saturated heterocycles. The Labute approximate surface area is 217 Å². The van der Waals surface area contributed by atoms with Crippen molar-refractivity contribution in [2.45, 2.75) is 78.2 Å². The molecule has 3 aliphatic rings. The zero-order valence-corrected chi connectivity index (χ0v) is 22.9. The average molecular weight is 493 g/mol. The van der Waals surface area contributed by atoms with Gasteiger partial charge in [0.15, 0.2) is 11.6 Å². The number of Topliss-reactive ketones (excluding diaryl/α,β-unsaturated/α-hetero) is 1. The lowest BCUT2D eigenvalue weighted by molar-refractivity contribution is -0.117. The summed E-state index contributed by atoms with van der Waals surface area (Å²) in [5.74, 6) is 0.607. The normalized spacial score (nSPS) is 22.4. The van der Waals surface area contributed by atoms with Gasteiger partial charge in [-0.1, -0.05) is 11.6 Å². The molecule has 1 aromatic carbocycles. The van der Waals surface area contributed by atoms with Crippen molar-refractivity contribution in [1.82, 2.24) is 4.90 Å². The molecule has 36 heavy (non-hydrogen) atoms. The molecule has 0 aromatic heterocycles. The van der Waals surface area contributed by atoms with Crippen LogP contribution >= 0.6 is 0 Å². The number of carbonyl (C=O) groups excluding carboxylic acids is 2. The Balaban J connectivity index is 1.63. The van der Waals surface area contributed by atoms with Crippen molar-refractivity contribution in [1.29, 1.82) is 0 Å². The van der Waals surface area contributed by atoms with E-state index in [1.165, 1.54) is 11.3 Å². The monoisotopic (exact) mass is 492 g/mol. The molecular weight excluding hydrogens is 448 g/mol. The highest BCUT2D eigenvalue weighted by atomic mass is 16.5. The number of nitrogens with zero attached hydrogens (tertiary/aromatic N) is 2. The summed E-state index contributed by atoms with van der Waals surface area (Å²) in [5, 5.41) is 0. The molecule has 5 heteroatoms. The molecule has 2 aliphatic heterocycles. The van der Waals surface area contributed by atoms with Gasteiger partial charge in [0.2, 0.25) is 0 Å². The van der Waals surface area contributed by atoms with E-state index in [9.17, 15) is 9.59 Å². The van der Waals surface area contributed by atoms with Gasteiger partial charge in [-0.25, -0.2) is 0 Å². The van der Waals surface area contributed by atoms with E-state index in [4.69, 9.17) is 4.74 Å². The van der Waals surface area contributed by atoms with Crippen molar-refractivity contribution in [2.24, 2.45) is 5.92 Å². The van der Waals surface area contributed by atoms with Gasteiger partial charge in [0.05, 0.1) is 0 Å². The molecule has 1 atom stereocenters. The zero-order valence-electron chi connectivity index (χ0n) is 22.9. The van der Waals surface area contributed by atoms with E-state index in [-0.39, 0.29) is 17.5 Å². The Morgan fingerprint density at radius 3 is 2.39 bits per heavy atom. The fourth-order valence-electron chi connectivity index (χ4n) is 6.34. The van der Waals surface area contributed by atoms with Gasteiger partial charge in [0.25, 0.3) is 0 Å². The van der Waals surface area contributed by atoms with E-state index in [1.54, 1.807) is 6.08 Å². The third-order valence-corrected chi connectivity index (χ3v) is 8.55. The second-order valence-electron chi connectivity index (χ2n) is 11.1. The van der Waals surface area contributed by atoms with Crippen molar-refractivity contribution >= 4 is 17.3 Å². The predicted molar refractivity (Wildman–Crippen MR) is 147 cm³/mol. The minimum Gasteiger partial charge on any atom is -0.381 e. The van der Waals surface area contributed by atoms with Crippen molar-refractivity contribution < 1.29 is 14.3 Å². The van der Waals surface area contributed by atoms with E-state index >= 15 is 0 Å². The maximum Gasteiger partial charge on any atom is 0.163 e. The highest BCUT2D eigenvalue weighted by molar-refractivity contribution is 6.00. The van der Waals surface area contributed by atoms with E-state index in [0.717, 1.165) is 80.8 Å². The molecule has 4 rings (SSSR count). The molecule has 0 bridgehead atoms. The number of hydrogen-bond donors (Lipinski definition) is 0. The Bertz CT molecular complexity index is 1030. The SMILES string of the molecule is CCN(c1cc(C2CCN(C)CC2)cc(C(=O)CCC2C(=O)C=C(C)C=C2C)c1C)C1CCOCC1. The van der Waals surface area contributed by atoms with Crippen LogP contribution in [0.5, 0.6) is 0 Å². The lowest BCUT2D eigenvalue weighted by Crippen LogP contribution is -2.40. The van der Waals surface area contributed by atoms with Gasteiger partial charge < -0.3 is 14.5 Å². The second kappa shape index (κ2) is 11.9. The number of allylic oxidation sites excluding steroid dienone is 4. The largest absolute Gasteiger partial charge is 0.381 e. The molecule has 1 aliphatic carbocycles. The number of anilines is 1. The van der Waals surface area contributed by atoms with Gasteiger partial charge in [-0.15, -0.1) is 0 Å². The maximum atomic E-state index is 13.7. The van der Waals surface area contributed by atoms with Crippen molar-refractivity contribution in [3.63, 3.8) is 0 Å². The molecule has 0 amide bonds. The summed E-state index contributed by atoms with van der Waals surface area (Å²) >= 11 is 0. The van der Waals surface area contributed by atoms with Gasteiger partial charge in [-0.05, 0) is 121 Å². The van der Waals surface area contributed by atoms with Gasteiger partial charge in [0, 0.05) is 49.4 Å². The van der Waals surface area contributed by atoms with Crippen LogP contribution in [0.25, 0.3) is 0 Å². The summed E-state index contributed by atoms with van der Waals surface area (Å²) in [4.78, 5) is 31.3. The van der Waals surface area contributed by atoms with Crippen LogP contribution in [-0.2, 0) is 9.53 Å². The van der Waals surface area contributed by atoms with Crippen LogP contribution in [0.2, 0.25) is 0 Å². The molecule has 5 nitrogen and oxygen atoms in total. The second-order valence-corrected chi connectivity index (χ2v) is 11.1. The van der Waals surface area contributed by atoms with Crippen molar-refractivity contribution in [2.75, 3.05) is 44.8 Å². The van der Waals surface area contributed by atoms with Crippen LogP contribution in [0, 0.1) is 12.8 Å². The summed E-state index contributed by atoms with van der Waals surface area (Å²) in [6.07, 6.45) is 9.08. The molecule has 0 N–H and O–H groups in total. The standard InChI is InChI=1S/C31H44N2O3/c1-6-33(26-11-15-36-16-12-26)29-20-25(24-9-13-32(5)14-10-24)19-28(23(29)4)30(34)8-7-27-22(3)17-21(2)18-31(27)35/h17-20,24,26-27H,6-16H2,1-5H3. The fraction of sp³-hybridized carbons (Fsp3) is 0.613. The Hall–Kier alpha value is -2.24. The van der Waals surface area contributed by atoms with E-state index in [0.29, 0.717) is 24.8 Å². The van der Waals surface area contributed by atoms with Crippen LogP contribution in [0.4, 0.5) is 5.69 Å². The summed E-state index contributed by atoms with van der Waals surface area (Å²) in [6, 6.07) is 5.01. The maximum absolute atomic E-state index is 13.7. The molecule has 1 unspecified atom stereocenters. The van der Waals surface area contributed by atoms with Crippen molar-refractivity contribution in [3.8, 4) is 0 Å². The van der Waals surface area contributed by atoms with Crippen molar-refractivity contribution in [3.05, 3.63) is 52.1 Å². The van der Waals surface area contributed by atoms with E-state index < -0.39 is 0 Å². The smallest absolute Gasteiger partial charge is 0.163 e. The first-order valence-corrected chi connectivity index (χ1v) is 13.9. The highest BCUT2D eigenvalue weighted by Gasteiger charge is 2.28. The van der Waals surface area contributed by atoms with Crippen LogP contribution < -0.4 is 4.90 Å². The number of rotatable bonds is 8. The first kappa shape index (κ1) is 26.8.